The third-order valence-corrected chi connectivity index (χ3v) is 3.44. The number of hydrogen-bond donors (Lipinski definition) is 0. The Morgan fingerprint density at radius 1 is 1.41 bits per heavy atom. The van der Waals surface area contributed by atoms with Crippen molar-refractivity contribution in [3.63, 3.8) is 0 Å². The first-order valence-electron chi connectivity index (χ1n) is 5.71. The van der Waals surface area contributed by atoms with Gasteiger partial charge in [-0.05, 0) is 25.5 Å². The summed E-state index contributed by atoms with van der Waals surface area (Å²) in [6.45, 7) is 5.84. The average molecular weight is 275 g/mol. The molecule has 2 unspecified atom stereocenters. The van der Waals surface area contributed by atoms with E-state index in [0.29, 0.717) is 10.9 Å². The number of pyridine rings is 1. The van der Waals surface area contributed by atoms with Crippen LogP contribution in [-0.4, -0.2) is 30.3 Å². The maximum atomic E-state index is 6.00. The van der Waals surface area contributed by atoms with Crippen LogP contribution in [0.3, 0.4) is 0 Å². The van der Waals surface area contributed by atoms with Crippen LogP contribution in [-0.2, 0) is 10.6 Å². The maximum Gasteiger partial charge on any atom is 0.129 e. The second-order valence-corrected chi connectivity index (χ2v) is 5.10. The van der Waals surface area contributed by atoms with Crippen molar-refractivity contribution in [3.8, 4) is 0 Å². The third-order valence-electron chi connectivity index (χ3n) is 2.81. The van der Waals surface area contributed by atoms with Gasteiger partial charge in [-0.25, -0.2) is 4.98 Å². The zero-order valence-corrected chi connectivity index (χ0v) is 11.5. The number of ether oxygens (including phenoxy) is 1. The number of hydrogen-bond acceptors (Lipinski definition) is 3. The average Bonchev–Trinajstić information content (AvgIpc) is 2.28. The molecule has 1 aromatic heterocycles. The van der Waals surface area contributed by atoms with Crippen molar-refractivity contribution in [3.05, 3.63) is 22.8 Å². The molecule has 2 heterocycles. The summed E-state index contributed by atoms with van der Waals surface area (Å²) in [5.41, 5.74) is 0.921. The van der Waals surface area contributed by atoms with Crippen LogP contribution in [0.2, 0.25) is 5.02 Å². The molecule has 3 nitrogen and oxygen atoms in total. The lowest BCUT2D eigenvalue weighted by atomic mass is 10.2. The number of alkyl halides is 1. The number of rotatable bonds is 2. The highest BCUT2D eigenvalue weighted by molar-refractivity contribution is 6.32. The largest absolute Gasteiger partial charge is 0.372 e. The Kier molecular flexibility index (Phi) is 4.13. The number of morpholine rings is 1. The summed E-state index contributed by atoms with van der Waals surface area (Å²) >= 11 is 11.8. The predicted octanol–water partition coefficient (Wildman–Crippen LogP) is 3.09. The van der Waals surface area contributed by atoms with E-state index in [1.807, 2.05) is 6.07 Å². The molecular weight excluding hydrogens is 259 g/mol. The number of nitrogens with zero attached hydrogens (tertiary/aromatic N) is 2. The van der Waals surface area contributed by atoms with Crippen LogP contribution >= 0.6 is 23.2 Å². The van der Waals surface area contributed by atoms with Gasteiger partial charge in [0.05, 0.1) is 17.2 Å². The monoisotopic (exact) mass is 274 g/mol. The first-order chi connectivity index (χ1) is 8.10. The summed E-state index contributed by atoms with van der Waals surface area (Å²) in [6.07, 6.45) is 2.10. The van der Waals surface area contributed by atoms with Gasteiger partial charge < -0.3 is 9.64 Å². The van der Waals surface area contributed by atoms with Gasteiger partial charge in [-0.2, -0.15) is 0 Å². The van der Waals surface area contributed by atoms with Gasteiger partial charge in [0.1, 0.15) is 5.82 Å². The number of anilines is 1. The first-order valence-corrected chi connectivity index (χ1v) is 6.62. The van der Waals surface area contributed by atoms with Crippen LogP contribution in [0.5, 0.6) is 0 Å². The molecule has 5 heteroatoms. The number of aromatic nitrogens is 1. The minimum Gasteiger partial charge on any atom is -0.372 e. The standard InChI is InChI=1S/C12H16Cl2N2O/c1-8-6-16(7-9(2)17-8)12-3-10(4-13)11(14)5-15-12/h3,5,8-9H,4,6-7H2,1-2H3. The minimum atomic E-state index is 0.218. The fourth-order valence-corrected chi connectivity index (χ4v) is 2.57. The molecule has 2 atom stereocenters. The van der Waals surface area contributed by atoms with E-state index in [1.54, 1.807) is 6.20 Å². The molecule has 0 saturated carbocycles. The topological polar surface area (TPSA) is 25.4 Å². The van der Waals surface area contributed by atoms with Crippen LogP contribution in [0, 0.1) is 0 Å². The number of halogens is 2. The van der Waals surface area contributed by atoms with Crippen molar-refractivity contribution < 1.29 is 4.74 Å². The van der Waals surface area contributed by atoms with E-state index in [2.05, 4.69) is 23.7 Å². The Bertz CT molecular complexity index is 390. The Morgan fingerprint density at radius 2 is 2.06 bits per heavy atom. The summed E-state index contributed by atoms with van der Waals surface area (Å²) < 4.78 is 5.70. The molecule has 0 aromatic carbocycles. The van der Waals surface area contributed by atoms with E-state index < -0.39 is 0 Å². The van der Waals surface area contributed by atoms with Crippen LogP contribution in [0.15, 0.2) is 12.3 Å². The van der Waals surface area contributed by atoms with Gasteiger partial charge in [0, 0.05) is 25.2 Å². The Labute approximate surface area is 112 Å². The molecule has 0 aliphatic carbocycles. The normalized spacial score (nSPS) is 25.1. The highest BCUT2D eigenvalue weighted by atomic mass is 35.5. The molecule has 0 bridgehead atoms. The molecule has 1 aliphatic heterocycles. The molecule has 0 N–H and O–H groups in total. The summed E-state index contributed by atoms with van der Waals surface area (Å²) in [6, 6.07) is 1.96. The fraction of sp³-hybridized carbons (Fsp3) is 0.583. The lowest BCUT2D eigenvalue weighted by Crippen LogP contribution is -2.45. The summed E-state index contributed by atoms with van der Waals surface area (Å²) in [7, 11) is 0. The second-order valence-electron chi connectivity index (χ2n) is 4.43. The van der Waals surface area contributed by atoms with Crippen LogP contribution in [0.1, 0.15) is 19.4 Å². The predicted molar refractivity (Wildman–Crippen MR) is 71.0 cm³/mol. The lowest BCUT2D eigenvalue weighted by molar-refractivity contribution is -0.00546. The summed E-state index contributed by atoms with van der Waals surface area (Å²) in [5, 5.41) is 0.623. The van der Waals surface area contributed by atoms with Crippen molar-refractivity contribution in [1.29, 1.82) is 0 Å². The van der Waals surface area contributed by atoms with Gasteiger partial charge in [0.25, 0.3) is 0 Å². The minimum absolute atomic E-state index is 0.218. The SMILES string of the molecule is CC1CN(c2cc(CCl)c(Cl)cn2)CC(C)O1. The first kappa shape index (κ1) is 12.9. The van der Waals surface area contributed by atoms with Gasteiger partial charge in [-0.15, -0.1) is 11.6 Å². The quantitative estimate of drug-likeness (QED) is 0.775. The van der Waals surface area contributed by atoms with Gasteiger partial charge in [-0.3, -0.25) is 0 Å². The van der Waals surface area contributed by atoms with Crippen molar-refractivity contribution in [2.45, 2.75) is 31.9 Å². The molecule has 94 valence electrons. The molecule has 1 aliphatic rings. The molecule has 2 rings (SSSR count). The summed E-state index contributed by atoms with van der Waals surface area (Å²) in [4.78, 5) is 6.57. The van der Waals surface area contributed by atoms with E-state index in [0.717, 1.165) is 24.5 Å². The highest BCUT2D eigenvalue weighted by Crippen LogP contribution is 2.24. The van der Waals surface area contributed by atoms with Crippen LogP contribution in [0.25, 0.3) is 0 Å². The third kappa shape index (κ3) is 3.03. The van der Waals surface area contributed by atoms with E-state index in [1.165, 1.54) is 0 Å². The Morgan fingerprint density at radius 3 is 2.65 bits per heavy atom. The summed E-state index contributed by atoms with van der Waals surface area (Å²) in [5.74, 6) is 1.33. The van der Waals surface area contributed by atoms with Crippen molar-refractivity contribution in [1.82, 2.24) is 4.98 Å². The molecular formula is C12H16Cl2N2O. The van der Waals surface area contributed by atoms with Crippen molar-refractivity contribution >= 4 is 29.0 Å². The Balaban J connectivity index is 2.21. The molecule has 1 fully saturated rings. The molecule has 0 amide bonds. The van der Waals surface area contributed by atoms with E-state index in [9.17, 15) is 0 Å². The van der Waals surface area contributed by atoms with Gasteiger partial charge >= 0.3 is 0 Å². The zero-order valence-electron chi connectivity index (χ0n) is 9.99. The smallest absolute Gasteiger partial charge is 0.129 e. The molecule has 0 spiro atoms. The maximum absolute atomic E-state index is 6.00. The van der Waals surface area contributed by atoms with Gasteiger partial charge in [0.15, 0.2) is 0 Å². The van der Waals surface area contributed by atoms with Crippen molar-refractivity contribution in [2.24, 2.45) is 0 Å². The molecule has 0 radical (unpaired) electrons. The zero-order chi connectivity index (χ0) is 12.4. The van der Waals surface area contributed by atoms with Crippen LogP contribution in [0.4, 0.5) is 5.82 Å². The molecule has 1 aromatic rings. The Hall–Kier alpha value is -0.510. The van der Waals surface area contributed by atoms with Gasteiger partial charge in [0.2, 0.25) is 0 Å². The van der Waals surface area contributed by atoms with Crippen molar-refractivity contribution in [2.75, 3.05) is 18.0 Å². The van der Waals surface area contributed by atoms with E-state index in [-0.39, 0.29) is 12.2 Å². The van der Waals surface area contributed by atoms with Gasteiger partial charge in [-0.1, -0.05) is 11.6 Å². The lowest BCUT2D eigenvalue weighted by Gasteiger charge is -2.36. The molecule has 17 heavy (non-hydrogen) atoms. The van der Waals surface area contributed by atoms with E-state index in [4.69, 9.17) is 27.9 Å². The molecule has 1 saturated heterocycles. The van der Waals surface area contributed by atoms with Crippen LogP contribution < -0.4 is 4.90 Å². The highest BCUT2D eigenvalue weighted by Gasteiger charge is 2.23. The van der Waals surface area contributed by atoms with E-state index >= 15 is 0 Å². The fourth-order valence-electron chi connectivity index (χ4n) is 2.11. The second kappa shape index (κ2) is 5.42.